The number of ether oxygens (including phenoxy) is 1. The van der Waals surface area contributed by atoms with Crippen LogP contribution >= 0.6 is 0 Å². The highest BCUT2D eigenvalue weighted by Gasteiger charge is 2.08. The zero-order valence-corrected chi connectivity index (χ0v) is 8.95. The molecule has 0 saturated heterocycles. The van der Waals surface area contributed by atoms with E-state index in [1.807, 2.05) is 0 Å². The number of sulfone groups is 1. The molecule has 0 aliphatic carbocycles. The van der Waals surface area contributed by atoms with E-state index < -0.39 is 15.8 Å². The van der Waals surface area contributed by atoms with Crippen LogP contribution in [0, 0.1) is 0 Å². The van der Waals surface area contributed by atoms with E-state index in [1.165, 1.54) is 24.3 Å². The second kappa shape index (κ2) is 4.27. The Balaban J connectivity index is 3.03. The lowest BCUT2D eigenvalue weighted by Gasteiger charge is -2.03. The van der Waals surface area contributed by atoms with Crippen LogP contribution in [0.3, 0.4) is 0 Å². The Kier molecular flexibility index (Phi) is 3.26. The molecule has 5 heteroatoms. The van der Waals surface area contributed by atoms with Gasteiger partial charge in [0, 0.05) is 12.3 Å². The van der Waals surface area contributed by atoms with E-state index in [4.69, 9.17) is 4.74 Å². The summed E-state index contributed by atoms with van der Waals surface area (Å²) in [6, 6.07) is 5.72. The van der Waals surface area contributed by atoms with Crippen molar-refractivity contribution in [1.82, 2.24) is 0 Å². The van der Waals surface area contributed by atoms with Crippen molar-refractivity contribution < 1.29 is 17.9 Å². The maximum Gasteiger partial charge on any atom is 0.335 e. The lowest BCUT2D eigenvalue weighted by molar-refractivity contribution is -0.128. The van der Waals surface area contributed by atoms with Gasteiger partial charge < -0.3 is 4.74 Å². The van der Waals surface area contributed by atoms with Gasteiger partial charge in [0.2, 0.25) is 0 Å². The predicted octanol–water partition coefficient (Wildman–Crippen LogP) is 1.18. The zero-order valence-electron chi connectivity index (χ0n) is 8.14. The van der Waals surface area contributed by atoms with E-state index in [1.54, 1.807) is 0 Å². The molecule has 0 aliphatic rings. The maximum atomic E-state index is 11.2. The van der Waals surface area contributed by atoms with Crippen molar-refractivity contribution in [1.29, 1.82) is 0 Å². The summed E-state index contributed by atoms with van der Waals surface area (Å²) in [4.78, 5) is 11.0. The Hall–Kier alpha value is -1.62. The number of rotatable bonds is 3. The summed E-state index contributed by atoms with van der Waals surface area (Å²) in [5.74, 6) is -0.441. The molecule has 0 atom stereocenters. The van der Waals surface area contributed by atoms with Crippen LogP contribution in [0.2, 0.25) is 0 Å². The van der Waals surface area contributed by atoms with Crippen LogP contribution in [0.5, 0.6) is 5.75 Å². The Bertz CT molecular complexity index is 488. The predicted molar refractivity (Wildman–Crippen MR) is 55.4 cm³/mol. The van der Waals surface area contributed by atoms with Crippen molar-refractivity contribution in [2.24, 2.45) is 0 Å². The molecule has 0 radical (unpaired) electrons. The highest BCUT2D eigenvalue weighted by molar-refractivity contribution is 7.90. The van der Waals surface area contributed by atoms with Gasteiger partial charge >= 0.3 is 5.97 Å². The third-order valence-corrected chi connectivity index (χ3v) is 2.73. The SMILES string of the molecule is C=CC(=O)Oc1cccc(S(C)(=O)=O)c1. The number of carbonyl (C=O) groups is 1. The molecule has 1 rings (SSSR count). The molecule has 0 saturated carbocycles. The van der Waals surface area contributed by atoms with Gasteiger partial charge in [0.15, 0.2) is 9.84 Å². The van der Waals surface area contributed by atoms with E-state index in [2.05, 4.69) is 6.58 Å². The molecular weight excluding hydrogens is 216 g/mol. The van der Waals surface area contributed by atoms with E-state index >= 15 is 0 Å². The van der Waals surface area contributed by atoms with Crippen LogP contribution in [0.1, 0.15) is 0 Å². The van der Waals surface area contributed by atoms with Gasteiger partial charge in [-0.05, 0) is 18.2 Å². The highest BCUT2D eigenvalue weighted by atomic mass is 32.2. The maximum absolute atomic E-state index is 11.2. The van der Waals surface area contributed by atoms with Crippen molar-refractivity contribution in [2.75, 3.05) is 6.26 Å². The fraction of sp³-hybridized carbons (Fsp3) is 0.100. The Labute approximate surface area is 88.1 Å². The van der Waals surface area contributed by atoms with Crippen LogP contribution in [0.25, 0.3) is 0 Å². The van der Waals surface area contributed by atoms with Gasteiger partial charge in [0.25, 0.3) is 0 Å². The Morgan fingerprint density at radius 2 is 2.13 bits per heavy atom. The summed E-state index contributed by atoms with van der Waals surface area (Å²) in [7, 11) is -3.28. The molecule has 0 spiro atoms. The monoisotopic (exact) mass is 226 g/mol. The van der Waals surface area contributed by atoms with Crippen LogP contribution in [0.4, 0.5) is 0 Å². The van der Waals surface area contributed by atoms with Crippen LogP contribution in [-0.4, -0.2) is 20.6 Å². The molecule has 0 amide bonds. The molecule has 0 bridgehead atoms. The fourth-order valence-corrected chi connectivity index (χ4v) is 1.58. The van der Waals surface area contributed by atoms with Gasteiger partial charge in [-0.15, -0.1) is 0 Å². The molecule has 1 aromatic carbocycles. The van der Waals surface area contributed by atoms with E-state index in [0.717, 1.165) is 12.3 Å². The molecule has 4 nitrogen and oxygen atoms in total. The van der Waals surface area contributed by atoms with Gasteiger partial charge in [-0.3, -0.25) is 0 Å². The molecule has 80 valence electrons. The average Bonchev–Trinajstić information content (AvgIpc) is 2.17. The second-order valence-corrected chi connectivity index (χ2v) is 4.89. The highest BCUT2D eigenvalue weighted by Crippen LogP contribution is 2.17. The first-order valence-electron chi connectivity index (χ1n) is 4.08. The minimum Gasteiger partial charge on any atom is -0.423 e. The van der Waals surface area contributed by atoms with Crippen molar-refractivity contribution >= 4 is 15.8 Å². The van der Waals surface area contributed by atoms with Crippen molar-refractivity contribution in [3.05, 3.63) is 36.9 Å². The molecule has 0 unspecified atom stereocenters. The van der Waals surface area contributed by atoms with Gasteiger partial charge in [-0.2, -0.15) is 0 Å². The Morgan fingerprint density at radius 3 is 2.67 bits per heavy atom. The molecule has 1 aromatic rings. The summed E-state index contributed by atoms with van der Waals surface area (Å²) in [5, 5.41) is 0. The quantitative estimate of drug-likeness (QED) is 0.441. The largest absolute Gasteiger partial charge is 0.423 e. The van der Waals surface area contributed by atoms with Gasteiger partial charge in [0.05, 0.1) is 4.90 Å². The normalized spacial score (nSPS) is 10.7. The van der Waals surface area contributed by atoms with Crippen molar-refractivity contribution in [3.8, 4) is 5.75 Å². The van der Waals surface area contributed by atoms with Crippen LogP contribution < -0.4 is 4.74 Å². The van der Waals surface area contributed by atoms with Crippen LogP contribution in [-0.2, 0) is 14.6 Å². The molecule has 0 aliphatic heterocycles. The average molecular weight is 226 g/mol. The summed E-state index contributed by atoms with van der Waals surface area (Å²) in [6.07, 6.45) is 2.09. The van der Waals surface area contributed by atoms with E-state index in [-0.39, 0.29) is 10.6 Å². The van der Waals surface area contributed by atoms with Gasteiger partial charge in [0.1, 0.15) is 5.75 Å². The number of carbonyl (C=O) groups excluding carboxylic acids is 1. The molecule has 15 heavy (non-hydrogen) atoms. The van der Waals surface area contributed by atoms with Gasteiger partial charge in [-0.1, -0.05) is 12.6 Å². The van der Waals surface area contributed by atoms with E-state index in [0.29, 0.717) is 0 Å². The van der Waals surface area contributed by atoms with Crippen molar-refractivity contribution in [2.45, 2.75) is 4.90 Å². The minimum absolute atomic E-state index is 0.108. The minimum atomic E-state index is -3.28. The smallest absolute Gasteiger partial charge is 0.335 e. The number of hydrogen-bond donors (Lipinski definition) is 0. The summed E-state index contributed by atoms with van der Waals surface area (Å²) < 4.78 is 27.1. The number of esters is 1. The first-order chi connectivity index (χ1) is 6.93. The second-order valence-electron chi connectivity index (χ2n) is 2.87. The zero-order chi connectivity index (χ0) is 11.5. The molecule has 0 aromatic heterocycles. The summed E-state index contributed by atoms with van der Waals surface area (Å²) >= 11 is 0. The molecule has 0 N–H and O–H groups in total. The standard InChI is InChI=1S/C10H10O4S/c1-3-10(11)14-8-5-4-6-9(7-8)15(2,12)13/h3-7H,1H2,2H3. The van der Waals surface area contributed by atoms with Crippen LogP contribution in [0.15, 0.2) is 41.8 Å². The van der Waals surface area contributed by atoms with E-state index in [9.17, 15) is 13.2 Å². The summed E-state index contributed by atoms with van der Waals surface area (Å²) in [5.41, 5.74) is 0. The summed E-state index contributed by atoms with van der Waals surface area (Å²) in [6.45, 7) is 3.24. The molecule has 0 heterocycles. The molecular formula is C10H10O4S. The number of benzene rings is 1. The molecule has 0 fully saturated rings. The lowest BCUT2D eigenvalue weighted by atomic mass is 10.3. The number of hydrogen-bond acceptors (Lipinski definition) is 4. The third-order valence-electron chi connectivity index (χ3n) is 1.62. The fourth-order valence-electron chi connectivity index (χ4n) is 0.926. The Morgan fingerprint density at radius 1 is 1.47 bits per heavy atom. The van der Waals surface area contributed by atoms with Crippen molar-refractivity contribution in [3.63, 3.8) is 0 Å². The van der Waals surface area contributed by atoms with Gasteiger partial charge in [-0.25, -0.2) is 13.2 Å². The third kappa shape index (κ3) is 3.21. The first-order valence-corrected chi connectivity index (χ1v) is 5.97. The first kappa shape index (κ1) is 11.5. The lowest BCUT2D eigenvalue weighted by Crippen LogP contribution is -2.04. The topological polar surface area (TPSA) is 60.4 Å².